The molecule has 3 rings (SSSR count). The van der Waals surface area contributed by atoms with Gasteiger partial charge in [-0.3, -0.25) is 4.79 Å². The predicted octanol–water partition coefficient (Wildman–Crippen LogP) is 3.96. The Hall–Kier alpha value is -1.91. The first-order valence-electron chi connectivity index (χ1n) is 8.87. The number of thioether (sulfide) groups is 1. The highest BCUT2D eigenvalue weighted by atomic mass is 35.5. The van der Waals surface area contributed by atoms with Crippen molar-refractivity contribution in [3.63, 3.8) is 0 Å². The Labute approximate surface area is 162 Å². The van der Waals surface area contributed by atoms with Gasteiger partial charge in [0, 0.05) is 28.6 Å². The SMILES string of the molecule is O=C(O)CCCCCCNC1=c2ccccc2=CSc2cccc(Cl)c21. The van der Waals surface area contributed by atoms with Crippen LogP contribution in [-0.2, 0) is 4.79 Å². The third-order valence-electron chi connectivity index (χ3n) is 4.39. The van der Waals surface area contributed by atoms with Crippen LogP contribution >= 0.6 is 23.4 Å². The zero-order valence-electron chi connectivity index (χ0n) is 14.5. The fourth-order valence-corrected chi connectivity index (χ4v) is 4.36. The molecule has 0 unspecified atom stereocenters. The van der Waals surface area contributed by atoms with Gasteiger partial charge < -0.3 is 10.4 Å². The number of hydrogen-bond donors (Lipinski definition) is 2. The van der Waals surface area contributed by atoms with Gasteiger partial charge in [-0.2, -0.15) is 0 Å². The number of hydrogen-bond acceptors (Lipinski definition) is 3. The molecule has 1 aliphatic heterocycles. The lowest BCUT2D eigenvalue weighted by atomic mass is 10.1. The number of carboxylic acids is 1. The third kappa shape index (κ3) is 4.63. The minimum atomic E-state index is -0.714. The Morgan fingerprint density at radius 2 is 1.85 bits per heavy atom. The molecule has 26 heavy (non-hydrogen) atoms. The molecular weight excluding hydrogens is 366 g/mol. The van der Waals surface area contributed by atoms with Crippen LogP contribution in [0.4, 0.5) is 0 Å². The van der Waals surface area contributed by atoms with Crippen molar-refractivity contribution in [3.8, 4) is 0 Å². The molecule has 1 aliphatic rings. The van der Waals surface area contributed by atoms with Gasteiger partial charge in [-0.1, -0.05) is 66.5 Å². The number of nitrogens with one attached hydrogen (secondary N) is 1. The van der Waals surface area contributed by atoms with Gasteiger partial charge in [0.2, 0.25) is 0 Å². The summed E-state index contributed by atoms with van der Waals surface area (Å²) in [5, 5.41) is 17.6. The van der Waals surface area contributed by atoms with Crippen LogP contribution in [0, 0.1) is 0 Å². The first-order valence-corrected chi connectivity index (χ1v) is 10.1. The van der Waals surface area contributed by atoms with Crippen molar-refractivity contribution < 1.29 is 9.90 Å². The maximum absolute atomic E-state index is 10.6. The number of aliphatic carboxylic acids is 1. The highest BCUT2D eigenvalue weighted by Crippen LogP contribution is 2.33. The zero-order chi connectivity index (χ0) is 18.4. The van der Waals surface area contributed by atoms with E-state index in [9.17, 15) is 4.79 Å². The Balaban J connectivity index is 1.78. The molecule has 1 heterocycles. The van der Waals surface area contributed by atoms with Crippen molar-refractivity contribution in [2.45, 2.75) is 37.0 Å². The van der Waals surface area contributed by atoms with E-state index in [0.717, 1.165) is 58.6 Å². The summed E-state index contributed by atoms with van der Waals surface area (Å²) in [6, 6.07) is 14.4. The van der Waals surface area contributed by atoms with Crippen LogP contribution in [0.15, 0.2) is 47.4 Å². The number of carboxylic acid groups (broad SMARTS) is 1. The Morgan fingerprint density at radius 1 is 1.04 bits per heavy atom. The van der Waals surface area contributed by atoms with Gasteiger partial charge in [0.05, 0.1) is 10.7 Å². The normalized spacial score (nSPS) is 12.6. The van der Waals surface area contributed by atoms with Crippen molar-refractivity contribution in [1.82, 2.24) is 5.32 Å². The van der Waals surface area contributed by atoms with E-state index in [1.165, 1.54) is 5.22 Å². The van der Waals surface area contributed by atoms with Crippen LogP contribution in [-0.4, -0.2) is 17.6 Å². The Kier molecular flexibility index (Phi) is 6.64. The lowest BCUT2D eigenvalue weighted by Crippen LogP contribution is -2.32. The molecule has 2 aromatic rings. The summed E-state index contributed by atoms with van der Waals surface area (Å²) < 4.78 is 0. The first kappa shape index (κ1) is 18.9. The molecule has 2 N–H and O–H groups in total. The maximum Gasteiger partial charge on any atom is 0.303 e. The second kappa shape index (κ2) is 9.15. The number of rotatable bonds is 8. The molecule has 0 amide bonds. The fraction of sp³-hybridized carbons (Fsp3) is 0.286. The molecule has 0 atom stereocenters. The number of unbranched alkanes of at least 4 members (excludes halogenated alkanes) is 3. The van der Waals surface area contributed by atoms with Gasteiger partial charge in [0.1, 0.15) is 0 Å². The summed E-state index contributed by atoms with van der Waals surface area (Å²) in [5.41, 5.74) is 2.14. The molecule has 2 aromatic carbocycles. The number of fused-ring (bicyclic) bond motifs is 2. The molecular formula is C21H22ClNO2S. The van der Waals surface area contributed by atoms with E-state index in [0.29, 0.717) is 0 Å². The zero-order valence-corrected chi connectivity index (χ0v) is 16.1. The quantitative estimate of drug-likeness (QED) is 0.673. The second-order valence-corrected chi connectivity index (χ2v) is 7.61. The van der Waals surface area contributed by atoms with Gasteiger partial charge in [-0.05, 0) is 35.6 Å². The average molecular weight is 388 g/mol. The molecule has 0 fully saturated rings. The highest BCUT2D eigenvalue weighted by molar-refractivity contribution is 8.06. The molecule has 0 aliphatic carbocycles. The third-order valence-corrected chi connectivity index (χ3v) is 5.67. The second-order valence-electron chi connectivity index (χ2n) is 6.30. The van der Waals surface area contributed by atoms with Crippen LogP contribution in [0.5, 0.6) is 0 Å². The van der Waals surface area contributed by atoms with E-state index in [1.807, 2.05) is 24.3 Å². The van der Waals surface area contributed by atoms with Crippen molar-refractivity contribution in [2.75, 3.05) is 6.54 Å². The minimum Gasteiger partial charge on any atom is -0.481 e. The number of carbonyl (C=O) groups is 1. The molecule has 0 spiro atoms. The summed E-state index contributed by atoms with van der Waals surface area (Å²) >= 11 is 8.24. The number of halogens is 1. The monoisotopic (exact) mass is 387 g/mol. The largest absolute Gasteiger partial charge is 0.481 e. The van der Waals surface area contributed by atoms with Gasteiger partial charge in [0.25, 0.3) is 0 Å². The predicted molar refractivity (Wildman–Crippen MR) is 109 cm³/mol. The highest BCUT2D eigenvalue weighted by Gasteiger charge is 2.15. The van der Waals surface area contributed by atoms with E-state index >= 15 is 0 Å². The molecule has 0 aromatic heterocycles. The van der Waals surface area contributed by atoms with Crippen molar-refractivity contribution in [3.05, 3.63) is 63.5 Å². The summed E-state index contributed by atoms with van der Waals surface area (Å²) in [6.45, 7) is 0.839. The van der Waals surface area contributed by atoms with Gasteiger partial charge in [0.15, 0.2) is 0 Å². The molecule has 0 saturated carbocycles. The fourth-order valence-electron chi connectivity index (χ4n) is 3.09. The van der Waals surface area contributed by atoms with E-state index in [2.05, 4.69) is 28.9 Å². The van der Waals surface area contributed by atoms with E-state index < -0.39 is 5.97 Å². The summed E-state index contributed by atoms with van der Waals surface area (Å²) in [6.07, 6.45) is 3.97. The average Bonchev–Trinajstić information content (AvgIpc) is 2.79. The molecule has 5 heteroatoms. The van der Waals surface area contributed by atoms with Gasteiger partial charge in [-0.15, -0.1) is 0 Å². The Morgan fingerprint density at radius 3 is 2.69 bits per heavy atom. The molecule has 136 valence electrons. The minimum absolute atomic E-state index is 0.258. The molecule has 3 nitrogen and oxygen atoms in total. The van der Waals surface area contributed by atoms with Crippen molar-refractivity contribution >= 4 is 40.4 Å². The number of benzene rings is 2. The first-order chi connectivity index (χ1) is 12.7. The Bertz CT molecular complexity index is 910. The van der Waals surface area contributed by atoms with Crippen molar-refractivity contribution in [1.29, 1.82) is 0 Å². The molecule has 0 saturated heterocycles. The lowest BCUT2D eigenvalue weighted by Gasteiger charge is -2.15. The van der Waals surface area contributed by atoms with Crippen LogP contribution < -0.4 is 15.8 Å². The topological polar surface area (TPSA) is 49.3 Å². The van der Waals surface area contributed by atoms with Crippen LogP contribution in [0.3, 0.4) is 0 Å². The standard InChI is InChI=1S/C21H22ClNO2S/c22-17-10-7-11-18-20(17)21(16-9-5-4-8-15(16)14-26-18)23-13-6-2-1-3-12-19(24)25/h4-5,7-11,14,23H,1-3,6,12-13H2,(H,24,25). The summed E-state index contributed by atoms with van der Waals surface area (Å²) in [5.74, 6) is -0.714. The smallest absolute Gasteiger partial charge is 0.303 e. The van der Waals surface area contributed by atoms with Crippen molar-refractivity contribution in [2.24, 2.45) is 0 Å². The summed E-state index contributed by atoms with van der Waals surface area (Å²) in [7, 11) is 0. The van der Waals surface area contributed by atoms with E-state index in [1.54, 1.807) is 11.8 Å². The summed E-state index contributed by atoms with van der Waals surface area (Å²) in [4.78, 5) is 11.7. The van der Waals surface area contributed by atoms with Gasteiger partial charge in [-0.25, -0.2) is 0 Å². The van der Waals surface area contributed by atoms with Crippen LogP contribution in [0.2, 0.25) is 5.02 Å². The van der Waals surface area contributed by atoms with E-state index in [-0.39, 0.29) is 6.42 Å². The maximum atomic E-state index is 10.6. The van der Waals surface area contributed by atoms with E-state index in [4.69, 9.17) is 16.7 Å². The van der Waals surface area contributed by atoms with Crippen LogP contribution in [0.1, 0.15) is 37.7 Å². The van der Waals surface area contributed by atoms with Crippen LogP contribution in [0.25, 0.3) is 11.1 Å². The lowest BCUT2D eigenvalue weighted by molar-refractivity contribution is -0.137. The molecule has 0 bridgehead atoms. The van der Waals surface area contributed by atoms with Gasteiger partial charge >= 0.3 is 5.97 Å². The molecule has 0 radical (unpaired) electrons.